The molecule has 0 aliphatic carbocycles. The van der Waals surface area contributed by atoms with Gasteiger partial charge >= 0.3 is 0 Å². The average Bonchev–Trinajstić information content (AvgIpc) is 3.17. The second-order valence-corrected chi connectivity index (χ2v) is 15.8. The molecule has 0 saturated carbocycles. The molecule has 1 saturated heterocycles. The van der Waals surface area contributed by atoms with E-state index in [4.69, 9.17) is 23.7 Å². The Morgan fingerprint density at radius 3 is 1.36 bits per heavy atom. The zero-order chi connectivity index (χ0) is 34.6. The van der Waals surface area contributed by atoms with Gasteiger partial charge in [0.05, 0.1) is 33.0 Å². The lowest BCUT2D eigenvalue weighted by molar-refractivity contribution is -0.256. The molecule has 7 nitrogen and oxygen atoms in total. The van der Waals surface area contributed by atoms with Gasteiger partial charge in [0.25, 0.3) is 0 Å². The van der Waals surface area contributed by atoms with E-state index in [1.807, 2.05) is 140 Å². The molecule has 0 N–H and O–H groups in total. The van der Waals surface area contributed by atoms with Crippen LogP contribution in [0.4, 0.5) is 0 Å². The molecule has 1 aliphatic heterocycles. The predicted octanol–water partition coefficient (Wildman–Crippen LogP) is 8.19. The molecule has 50 heavy (non-hydrogen) atoms. The third-order valence-electron chi connectivity index (χ3n) is 8.51. The van der Waals surface area contributed by atoms with Crippen LogP contribution in [0.1, 0.15) is 32.0 Å². The first-order valence-electron chi connectivity index (χ1n) is 16.6. The number of rotatable bonds is 16. The van der Waals surface area contributed by atoms with Gasteiger partial charge in [0, 0.05) is 0 Å². The molecule has 0 bridgehead atoms. The van der Waals surface area contributed by atoms with Gasteiger partial charge in [0.1, 0.15) is 28.6 Å². The SMILES string of the molecule is O=S(=O)([C@@H]1O[C@H](COCc2ccccc2)[C@@H](OCc2ccccc2)[C@H](OCc2ccccc2)[C@H]1OCc1ccccc1)[C@@H](Br)c1ccccc1. The van der Waals surface area contributed by atoms with Crippen molar-refractivity contribution in [2.24, 2.45) is 0 Å². The molecule has 6 rings (SSSR count). The number of hydrogen-bond donors (Lipinski definition) is 0. The van der Waals surface area contributed by atoms with Crippen molar-refractivity contribution in [3.63, 3.8) is 0 Å². The molecule has 1 fully saturated rings. The molecule has 260 valence electrons. The normalized spacial score (nSPS) is 21.4. The van der Waals surface area contributed by atoms with Crippen LogP contribution < -0.4 is 0 Å². The Hall–Kier alpha value is -3.67. The van der Waals surface area contributed by atoms with Gasteiger partial charge in [-0.25, -0.2) is 8.42 Å². The summed E-state index contributed by atoms with van der Waals surface area (Å²) in [4.78, 5) is 0. The van der Waals surface area contributed by atoms with Crippen molar-refractivity contribution in [1.29, 1.82) is 0 Å². The highest BCUT2D eigenvalue weighted by molar-refractivity contribution is 9.10. The van der Waals surface area contributed by atoms with Crippen LogP contribution in [-0.2, 0) is 59.9 Å². The van der Waals surface area contributed by atoms with Gasteiger partial charge in [-0.3, -0.25) is 0 Å². The molecule has 6 atom stereocenters. The molecule has 5 aromatic rings. The third kappa shape index (κ3) is 9.56. The summed E-state index contributed by atoms with van der Waals surface area (Å²) in [5.41, 5.74) is 2.93. The molecular formula is C41H41BrO7S. The van der Waals surface area contributed by atoms with Crippen LogP contribution in [0.3, 0.4) is 0 Å². The van der Waals surface area contributed by atoms with E-state index in [2.05, 4.69) is 15.9 Å². The lowest BCUT2D eigenvalue weighted by atomic mass is 9.98. The number of ether oxygens (including phenoxy) is 5. The van der Waals surface area contributed by atoms with Crippen LogP contribution in [0.2, 0.25) is 0 Å². The maximum Gasteiger partial charge on any atom is 0.196 e. The van der Waals surface area contributed by atoms with Crippen molar-refractivity contribution in [3.8, 4) is 0 Å². The van der Waals surface area contributed by atoms with E-state index in [0.717, 1.165) is 22.3 Å². The Morgan fingerprint density at radius 2 is 0.900 bits per heavy atom. The van der Waals surface area contributed by atoms with Gasteiger partial charge in [-0.05, 0) is 27.8 Å². The molecule has 0 amide bonds. The number of halogens is 1. The Morgan fingerprint density at radius 1 is 0.520 bits per heavy atom. The highest BCUT2D eigenvalue weighted by Gasteiger charge is 2.54. The number of sulfone groups is 1. The zero-order valence-corrected chi connectivity index (χ0v) is 30.0. The summed E-state index contributed by atoms with van der Waals surface area (Å²) in [5.74, 6) is 0. The topological polar surface area (TPSA) is 80.3 Å². The first-order chi connectivity index (χ1) is 24.5. The number of benzene rings is 5. The van der Waals surface area contributed by atoms with Gasteiger partial charge in [-0.15, -0.1) is 0 Å². The lowest BCUT2D eigenvalue weighted by Crippen LogP contribution is -2.63. The van der Waals surface area contributed by atoms with E-state index < -0.39 is 43.8 Å². The van der Waals surface area contributed by atoms with Crippen LogP contribution >= 0.6 is 15.9 Å². The van der Waals surface area contributed by atoms with Crippen molar-refractivity contribution in [3.05, 3.63) is 179 Å². The van der Waals surface area contributed by atoms with Crippen molar-refractivity contribution in [1.82, 2.24) is 0 Å². The van der Waals surface area contributed by atoms with Crippen LogP contribution in [0.15, 0.2) is 152 Å². The maximum absolute atomic E-state index is 14.7. The summed E-state index contributed by atoms with van der Waals surface area (Å²) in [6.45, 7) is 0.990. The molecule has 0 aromatic heterocycles. The maximum atomic E-state index is 14.7. The Balaban J connectivity index is 1.38. The van der Waals surface area contributed by atoms with E-state index in [0.29, 0.717) is 12.2 Å². The Bertz CT molecular complexity index is 1810. The van der Waals surface area contributed by atoms with Gasteiger partial charge in [-0.2, -0.15) is 0 Å². The second-order valence-electron chi connectivity index (χ2n) is 12.1. The number of alkyl halides is 1. The fraction of sp³-hybridized carbons (Fsp3) is 0.268. The van der Waals surface area contributed by atoms with Gasteiger partial charge < -0.3 is 23.7 Å². The molecule has 5 aromatic carbocycles. The smallest absolute Gasteiger partial charge is 0.196 e. The summed E-state index contributed by atoms with van der Waals surface area (Å²) in [5, 5.41) is 0. The van der Waals surface area contributed by atoms with Crippen molar-refractivity contribution in [2.75, 3.05) is 6.61 Å². The van der Waals surface area contributed by atoms with Gasteiger partial charge in [0.2, 0.25) is 0 Å². The highest BCUT2D eigenvalue weighted by Crippen LogP contribution is 2.40. The lowest BCUT2D eigenvalue weighted by Gasteiger charge is -2.46. The summed E-state index contributed by atoms with van der Waals surface area (Å²) >= 11 is 3.52. The Labute approximate surface area is 303 Å². The third-order valence-corrected chi connectivity index (χ3v) is 12.5. The summed E-state index contributed by atoms with van der Waals surface area (Å²) in [6, 6.07) is 48.1. The summed E-state index contributed by atoms with van der Waals surface area (Å²) in [6.07, 6.45) is -3.46. The first kappa shape index (κ1) is 36.1. The summed E-state index contributed by atoms with van der Waals surface area (Å²) in [7, 11) is -4.11. The van der Waals surface area contributed by atoms with E-state index in [-0.39, 0.29) is 26.4 Å². The first-order valence-corrected chi connectivity index (χ1v) is 19.2. The van der Waals surface area contributed by atoms with Gasteiger partial charge in [0.15, 0.2) is 15.3 Å². The van der Waals surface area contributed by atoms with Crippen LogP contribution in [-0.4, -0.2) is 44.9 Å². The van der Waals surface area contributed by atoms with Crippen LogP contribution in [0.5, 0.6) is 0 Å². The molecule has 0 unspecified atom stereocenters. The predicted molar refractivity (Wildman–Crippen MR) is 197 cm³/mol. The minimum Gasteiger partial charge on any atom is -0.374 e. The fourth-order valence-corrected chi connectivity index (χ4v) is 8.54. The number of hydrogen-bond acceptors (Lipinski definition) is 7. The summed E-state index contributed by atoms with van der Waals surface area (Å²) < 4.78 is 61.1. The largest absolute Gasteiger partial charge is 0.374 e. The monoisotopic (exact) mass is 756 g/mol. The molecular weight excluding hydrogens is 716 g/mol. The average molecular weight is 758 g/mol. The van der Waals surface area contributed by atoms with E-state index in [1.165, 1.54) is 0 Å². The van der Waals surface area contributed by atoms with Crippen molar-refractivity contribution >= 4 is 25.8 Å². The van der Waals surface area contributed by atoms with Gasteiger partial charge in [-0.1, -0.05) is 168 Å². The van der Waals surface area contributed by atoms with Crippen LogP contribution in [0, 0.1) is 0 Å². The fourth-order valence-electron chi connectivity index (χ4n) is 5.92. The highest BCUT2D eigenvalue weighted by atomic mass is 79.9. The van der Waals surface area contributed by atoms with E-state index in [9.17, 15) is 8.42 Å². The van der Waals surface area contributed by atoms with Crippen molar-refractivity contribution in [2.45, 2.75) is 60.4 Å². The molecule has 9 heteroatoms. The molecule has 1 aliphatic rings. The Kier molecular flexibility index (Phi) is 13.0. The molecule has 1 heterocycles. The van der Waals surface area contributed by atoms with Crippen LogP contribution in [0.25, 0.3) is 0 Å². The quantitative estimate of drug-likeness (QED) is 0.0940. The minimum atomic E-state index is -4.11. The second kappa shape index (κ2) is 18.0. The molecule has 0 spiro atoms. The standard InChI is InChI=1S/C41H41BrO7S/c42-40(35-24-14-5-15-25-35)50(43,44)41-39(48-29-34-22-12-4-13-23-34)38(47-28-33-20-10-3-11-21-33)37(46-27-32-18-8-2-9-19-32)36(49-41)30-45-26-31-16-6-1-7-17-31/h1-25,36-41H,26-30H2/t36-,37-,38+,39-,40-,41+/m1/s1. The van der Waals surface area contributed by atoms with Crippen molar-refractivity contribution < 1.29 is 32.1 Å². The zero-order valence-electron chi connectivity index (χ0n) is 27.6. The van der Waals surface area contributed by atoms with E-state index >= 15 is 0 Å². The molecule has 0 radical (unpaired) electrons. The van der Waals surface area contributed by atoms with E-state index in [1.54, 1.807) is 12.1 Å². The minimum absolute atomic E-state index is 0.0647.